The Labute approximate surface area is 131 Å². The van der Waals surface area contributed by atoms with Crippen LogP contribution in [0.15, 0.2) is 24.3 Å². The molecule has 1 saturated heterocycles. The summed E-state index contributed by atoms with van der Waals surface area (Å²) in [7, 11) is -2.16. The third-order valence-electron chi connectivity index (χ3n) is 3.86. The molecule has 7 heteroatoms. The average molecular weight is 326 g/mol. The first kappa shape index (κ1) is 16.9. The van der Waals surface area contributed by atoms with Gasteiger partial charge in [-0.3, -0.25) is 0 Å². The van der Waals surface area contributed by atoms with E-state index < -0.39 is 16.0 Å². The van der Waals surface area contributed by atoms with Gasteiger partial charge in [-0.1, -0.05) is 19.1 Å². The summed E-state index contributed by atoms with van der Waals surface area (Å²) in [5, 5.41) is 3.20. The summed E-state index contributed by atoms with van der Waals surface area (Å²) >= 11 is 0. The van der Waals surface area contributed by atoms with E-state index in [1.807, 2.05) is 6.92 Å². The number of ether oxygens (including phenoxy) is 1. The molecule has 2 unspecified atom stereocenters. The van der Waals surface area contributed by atoms with Crippen LogP contribution in [0.1, 0.15) is 29.3 Å². The third kappa shape index (κ3) is 4.53. The van der Waals surface area contributed by atoms with Crippen LogP contribution in [0, 0.1) is 5.92 Å². The van der Waals surface area contributed by atoms with Crippen LogP contribution in [-0.4, -0.2) is 40.6 Å². The standard InChI is InChI=1S/C15H22N2O4S/c1-11-6-7-16-9-14(11)17-22(19,20)10-12-4-3-5-13(8-12)15(18)21-2/h3-5,8,11,14,16-17H,6-7,9-10H2,1-2H3. The van der Waals surface area contributed by atoms with Crippen molar-refractivity contribution in [1.29, 1.82) is 0 Å². The molecule has 22 heavy (non-hydrogen) atoms. The monoisotopic (exact) mass is 326 g/mol. The van der Waals surface area contributed by atoms with Gasteiger partial charge in [0.2, 0.25) is 10.0 Å². The first-order valence-corrected chi connectivity index (χ1v) is 8.94. The lowest BCUT2D eigenvalue weighted by atomic mass is 9.96. The number of carbonyl (C=O) groups is 1. The van der Waals surface area contributed by atoms with Crippen molar-refractivity contribution < 1.29 is 17.9 Å². The van der Waals surface area contributed by atoms with E-state index in [9.17, 15) is 13.2 Å². The number of benzene rings is 1. The normalized spacial score (nSPS) is 22.3. The molecule has 122 valence electrons. The van der Waals surface area contributed by atoms with E-state index >= 15 is 0 Å². The molecule has 0 spiro atoms. The fraction of sp³-hybridized carbons (Fsp3) is 0.533. The lowest BCUT2D eigenvalue weighted by Gasteiger charge is -2.30. The third-order valence-corrected chi connectivity index (χ3v) is 5.24. The van der Waals surface area contributed by atoms with Crippen LogP contribution in [0.4, 0.5) is 0 Å². The van der Waals surface area contributed by atoms with E-state index in [1.54, 1.807) is 24.3 Å². The Morgan fingerprint density at radius 3 is 2.91 bits per heavy atom. The smallest absolute Gasteiger partial charge is 0.337 e. The number of esters is 1. The number of rotatable bonds is 5. The van der Waals surface area contributed by atoms with E-state index in [-0.39, 0.29) is 11.8 Å². The summed E-state index contributed by atoms with van der Waals surface area (Å²) in [6, 6.07) is 6.40. The van der Waals surface area contributed by atoms with Crippen molar-refractivity contribution in [3.63, 3.8) is 0 Å². The predicted molar refractivity (Wildman–Crippen MR) is 84.0 cm³/mol. The second-order valence-electron chi connectivity index (χ2n) is 5.65. The molecule has 1 fully saturated rings. The van der Waals surface area contributed by atoms with Crippen molar-refractivity contribution in [3.05, 3.63) is 35.4 Å². The summed E-state index contributed by atoms with van der Waals surface area (Å²) in [4.78, 5) is 11.5. The summed E-state index contributed by atoms with van der Waals surface area (Å²) in [6.07, 6.45) is 0.949. The number of sulfonamides is 1. The average Bonchev–Trinajstić information content (AvgIpc) is 2.48. The van der Waals surface area contributed by atoms with Gasteiger partial charge in [0.1, 0.15) is 0 Å². The Morgan fingerprint density at radius 2 is 2.23 bits per heavy atom. The Balaban J connectivity index is 2.06. The van der Waals surface area contributed by atoms with Crippen LogP contribution in [0.5, 0.6) is 0 Å². The first-order valence-electron chi connectivity index (χ1n) is 7.29. The van der Waals surface area contributed by atoms with Crippen LogP contribution in [-0.2, 0) is 20.5 Å². The molecule has 0 bridgehead atoms. The number of hydrogen-bond acceptors (Lipinski definition) is 5. The van der Waals surface area contributed by atoms with Gasteiger partial charge in [0.25, 0.3) is 0 Å². The van der Waals surface area contributed by atoms with Crippen molar-refractivity contribution >= 4 is 16.0 Å². The maximum absolute atomic E-state index is 12.3. The van der Waals surface area contributed by atoms with Crippen LogP contribution in [0.3, 0.4) is 0 Å². The summed E-state index contributed by atoms with van der Waals surface area (Å²) < 4.78 is 32.0. The molecule has 1 aromatic carbocycles. The number of nitrogens with one attached hydrogen (secondary N) is 2. The van der Waals surface area contributed by atoms with Gasteiger partial charge in [0.05, 0.1) is 18.4 Å². The molecule has 1 aromatic rings. The van der Waals surface area contributed by atoms with Crippen LogP contribution < -0.4 is 10.0 Å². The maximum Gasteiger partial charge on any atom is 0.337 e. The van der Waals surface area contributed by atoms with Gasteiger partial charge in [-0.15, -0.1) is 0 Å². The van der Waals surface area contributed by atoms with Crippen LogP contribution in [0.25, 0.3) is 0 Å². The van der Waals surface area contributed by atoms with Crippen molar-refractivity contribution in [2.24, 2.45) is 5.92 Å². The molecule has 0 saturated carbocycles. The highest BCUT2D eigenvalue weighted by atomic mass is 32.2. The molecule has 2 N–H and O–H groups in total. The second-order valence-corrected chi connectivity index (χ2v) is 7.40. The zero-order valence-corrected chi connectivity index (χ0v) is 13.7. The molecule has 2 atom stereocenters. The largest absolute Gasteiger partial charge is 0.465 e. The molecular weight excluding hydrogens is 304 g/mol. The molecule has 1 aliphatic rings. The molecule has 6 nitrogen and oxygen atoms in total. The number of methoxy groups -OCH3 is 1. The van der Waals surface area contributed by atoms with E-state index in [0.717, 1.165) is 13.0 Å². The van der Waals surface area contributed by atoms with Gasteiger partial charge in [-0.25, -0.2) is 17.9 Å². The molecule has 0 aromatic heterocycles. The van der Waals surface area contributed by atoms with Crippen molar-refractivity contribution in [1.82, 2.24) is 10.0 Å². The topological polar surface area (TPSA) is 84.5 Å². The highest BCUT2D eigenvalue weighted by Gasteiger charge is 2.25. The minimum absolute atomic E-state index is 0.0949. The zero-order chi connectivity index (χ0) is 16.2. The maximum atomic E-state index is 12.3. The van der Waals surface area contributed by atoms with Gasteiger partial charge in [0, 0.05) is 12.6 Å². The summed E-state index contributed by atoms with van der Waals surface area (Å²) in [5.41, 5.74) is 0.912. The van der Waals surface area contributed by atoms with E-state index in [4.69, 9.17) is 0 Å². The first-order chi connectivity index (χ1) is 10.4. The Hall–Kier alpha value is -1.44. The van der Waals surface area contributed by atoms with E-state index in [1.165, 1.54) is 7.11 Å². The quantitative estimate of drug-likeness (QED) is 0.785. The van der Waals surface area contributed by atoms with Gasteiger partial charge in [-0.05, 0) is 36.6 Å². The van der Waals surface area contributed by atoms with Gasteiger partial charge in [0.15, 0.2) is 0 Å². The second kappa shape index (κ2) is 7.21. The minimum atomic E-state index is -3.46. The number of hydrogen-bond donors (Lipinski definition) is 2. The Morgan fingerprint density at radius 1 is 1.45 bits per heavy atom. The zero-order valence-electron chi connectivity index (χ0n) is 12.8. The number of piperidine rings is 1. The molecule has 1 heterocycles. The molecular formula is C15H22N2O4S. The van der Waals surface area contributed by atoms with Gasteiger partial charge >= 0.3 is 5.97 Å². The summed E-state index contributed by atoms with van der Waals surface area (Å²) in [6.45, 7) is 3.61. The van der Waals surface area contributed by atoms with Crippen LogP contribution in [0.2, 0.25) is 0 Å². The SMILES string of the molecule is COC(=O)c1cccc(CS(=O)(=O)NC2CNCCC2C)c1. The molecule has 0 aliphatic carbocycles. The molecule has 1 aliphatic heterocycles. The van der Waals surface area contributed by atoms with Crippen molar-refractivity contribution in [2.75, 3.05) is 20.2 Å². The Kier molecular flexibility index (Phi) is 5.55. The van der Waals surface area contributed by atoms with Crippen molar-refractivity contribution in [3.8, 4) is 0 Å². The fourth-order valence-corrected chi connectivity index (χ4v) is 4.02. The lowest BCUT2D eigenvalue weighted by molar-refractivity contribution is 0.0600. The lowest BCUT2D eigenvalue weighted by Crippen LogP contribution is -2.50. The van der Waals surface area contributed by atoms with Gasteiger partial charge in [-0.2, -0.15) is 0 Å². The minimum Gasteiger partial charge on any atom is -0.465 e. The van der Waals surface area contributed by atoms with Gasteiger partial charge < -0.3 is 10.1 Å². The predicted octanol–water partition coefficient (Wildman–Crippen LogP) is 0.891. The molecule has 0 amide bonds. The van der Waals surface area contributed by atoms with Crippen LogP contribution >= 0.6 is 0 Å². The van der Waals surface area contributed by atoms with E-state index in [2.05, 4.69) is 14.8 Å². The highest BCUT2D eigenvalue weighted by molar-refractivity contribution is 7.88. The summed E-state index contributed by atoms with van der Waals surface area (Å²) in [5.74, 6) is -0.323. The molecule has 0 radical (unpaired) electrons. The highest BCUT2D eigenvalue weighted by Crippen LogP contribution is 2.14. The Bertz CT molecular complexity index is 630. The van der Waals surface area contributed by atoms with Crippen molar-refractivity contribution in [2.45, 2.75) is 25.1 Å². The fourth-order valence-electron chi connectivity index (χ4n) is 2.55. The molecule has 2 rings (SSSR count). The number of carbonyl (C=O) groups excluding carboxylic acids is 1. The van der Waals surface area contributed by atoms with E-state index in [0.29, 0.717) is 23.6 Å².